The minimum absolute atomic E-state index is 0. The van der Waals surface area contributed by atoms with Gasteiger partial charge in [0.15, 0.2) is 5.96 Å². The van der Waals surface area contributed by atoms with Crippen molar-refractivity contribution in [3.63, 3.8) is 0 Å². The van der Waals surface area contributed by atoms with Gasteiger partial charge in [0, 0.05) is 51.6 Å². The predicted molar refractivity (Wildman–Crippen MR) is 125 cm³/mol. The number of hydrogen-bond acceptors (Lipinski definition) is 4. The highest BCUT2D eigenvalue weighted by atomic mass is 127. The van der Waals surface area contributed by atoms with Gasteiger partial charge in [-0.05, 0) is 32.9 Å². The number of amides is 1. The molecule has 0 unspecified atom stereocenters. The lowest BCUT2D eigenvalue weighted by Gasteiger charge is -2.19. The molecule has 0 spiro atoms. The lowest BCUT2D eigenvalue weighted by molar-refractivity contribution is -0.130. The number of nitrogens with one attached hydrogen (secondary N) is 2. The van der Waals surface area contributed by atoms with Crippen LogP contribution < -0.4 is 20.1 Å². The molecule has 0 fully saturated rings. The van der Waals surface area contributed by atoms with E-state index in [9.17, 15) is 4.79 Å². The Bertz CT molecular complexity index is 580. The van der Waals surface area contributed by atoms with Crippen molar-refractivity contribution in [2.75, 3.05) is 46.4 Å². The van der Waals surface area contributed by atoms with Crippen LogP contribution in [0.3, 0.4) is 0 Å². The van der Waals surface area contributed by atoms with Crippen molar-refractivity contribution in [1.82, 2.24) is 15.5 Å². The summed E-state index contributed by atoms with van der Waals surface area (Å²) in [6.07, 6.45) is 1.26. The lowest BCUT2D eigenvalue weighted by atomic mass is 10.3. The van der Waals surface area contributed by atoms with E-state index in [-0.39, 0.29) is 29.9 Å². The number of ether oxygens (including phenoxy) is 2. The Morgan fingerprint density at radius 2 is 1.86 bits per heavy atom. The zero-order valence-electron chi connectivity index (χ0n) is 17.5. The normalized spacial score (nSPS) is 10.6. The standard InChI is InChI=1S/C20H34N4O3.HI/c1-5-21-20(23-14-12-19(25)24(6-2)7-3)22-13-9-15-27-18-11-8-10-17(16-18)26-4;/h8,10-11,16H,5-7,9,12-15H2,1-4H3,(H2,21,22,23);1H. The summed E-state index contributed by atoms with van der Waals surface area (Å²) in [5.41, 5.74) is 0. The van der Waals surface area contributed by atoms with Crippen molar-refractivity contribution < 1.29 is 14.3 Å². The summed E-state index contributed by atoms with van der Waals surface area (Å²) in [6.45, 7) is 10.1. The first-order valence-electron chi connectivity index (χ1n) is 9.71. The second-order valence-corrected chi connectivity index (χ2v) is 5.88. The minimum Gasteiger partial charge on any atom is -0.497 e. The zero-order valence-corrected chi connectivity index (χ0v) is 19.8. The van der Waals surface area contributed by atoms with Crippen LogP contribution in [0, 0.1) is 0 Å². The fraction of sp³-hybridized carbons (Fsp3) is 0.600. The van der Waals surface area contributed by atoms with Crippen LogP contribution in [0.15, 0.2) is 29.3 Å². The van der Waals surface area contributed by atoms with Crippen LogP contribution in [0.1, 0.15) is 33.6 Å². The van der Waals surface area contributed by atoms with Gasteiger partial charge in [-0.2, -0.15) is 0 Å². The Labute approximate surface area is 186 Å². The van der Waals surface area contributed by atoms with E-state index in [0.717, 1.165) is 43.5 Å². The summed E-state index contributed by atoms with van der Waals surface area (Å²) in [7, 11) is 1.64. The van der Waals surface area contributed by atoms with Crippen LogP contribution >= 0.6 is 24.0 Å². The summed E-state index contributed by atoms with van der Waals surface area (Å²) in [5.74, 6) is 2.46. The third-order valence-corrected chi connectivity index (χ3v) is 3.97. The molecule has 1 rings (SSSR count). The van der Waals surface area contributed by atoms with Gasteiger partial charge in [-0.1, -0.05) is 6.07 Å². The van der Waals surface area contributed by atoms with Crippen molar-refractivity contribution in [1.29, 1.82) is 0 Å². The molecule has 0 aliphatic heterocycles. The summed E-state index contributed by atoms with van der Waals surface area (Å²) < 4.78 is 10.9. The van der Waals surface area contributed by atoms with Gasteiger partial charge in [-0.15, -0.1) is 24.0 Å². The Morgan fingerprint density at radius 1 is 1.14 bits per heavy atom. The van der Waals surface area contributed by atoms with Gasteiger partial charge in [0.2, 0.25) is 5.91 Å². The van der Waals surface area contributed by atoms with Crippen molar-refractivity contribution in [2.45, 2.75) is 33.6 Å². The maximum atomic E-state index is 12.0. The highest BCUT2D eigenvalue weighted by molar-refractivity contribution is 14.0. The van der Waals surface area contributed by atoms with E-state index in [4.69, 9.17) is 9.47 Å². The minimum atomic E-state index is 0. The van der Waals surface area contributed by atoms with Crippen LogP contribution in [0.2, 0.25) is 0 Å². The van der Waals surface area contributed by atoms with E-state index in [2.05, 4.69) is 15.6 Å². The van der Waals surface area contributed by atoms with Crippen LogP contribution in [0.5, 0.6) is 11.5 Å². The number of halogens is 1. The second kappa shape index (κ2) is 16.3. The number of carbonyl (C=O) groups is 1. The fourth-order valence-corrected chi connectivity index (χ4v) is 2.50. The summed E-state index contributed by atoms with van der Waals surface area (Å²) in [4.78, 5) is 18.4. The first-order valence-corrected chi connectivity index (χ1v) is 9.71. The zero-order chi connectivity index (χ0) is 19.9. The summed E-state index contributed by atoms with van der Waals surface area (Å²) in [6, 6.07) is 7.56. The van der Waals surface area contributed by atoms with E-state index < -0.39 is 0 Å². The molecule has 0 radical (unpaired) electrons. The smallest absolute Gasteiger partial charge is 0.224 e. The average Bonchev–Trinajstić information content (AvgIpc) is 2.68. The average molecular weight is 506 g/mol. The molecule has 1 aromatic carbocycles. The first kappa shape index (κ1) is 26.3. The molecular weight excluding hydrogens is 471 g/mol. The Morgan fingerprint density at radius 3 is 2.50 bits per heavy atom. The number of carbonyl (C=O) groups excluding carboxylic acids is 1. The first-order chi connectivity index (χ1) is 13.1. The van der Waals surface area contributed by atoms with Gasteiger partial charge < -0.3 is 25.0 Å². The Hall–Kier alpha value is -1.71. The molecule has 0 saturated carbocycles. The monoisotopic (exact) mass is 506 g/mol. The number of rotatable bonds is 12. The number of nitrogens with zero attached hydrogens (tertiary/aromatic N) is 2. The fourth-order valence-electron chi connectivity index (χ4n) is 2.50. The highest BCUT2D eigenvalue weighted by Gasteiger charge is 2.09. The van der Waals surface area contributed by atoms with Crippen LogP contribution in [0.4, 0.5) is 0 Å². The van der Waals surface area contributed by atoms with Gasteiger partial charge in [0.25, 0.3) is 0 Å². The number of hydrogen-bond donors (Lipinski definition) is 2. The molecule has 0 saturated heterocycles. The van der Waals surface area contributed by atoms with Gasteiger partial charge >= 0.3 is 0 Å². The Kier molecular flexibility index (Phi) is 15.3. The van der Waals surface area contributed by atoms with E-state index in [1.54, 1.807) is 7.11 Å². The molecule has 0 aromatic heterocycles. The van der Waals surface area contributed by atoms with Crippen molar-refractivity contribution in [3.8, 4) is 11.5 Å². The number of benzene rings is 1. The van der Waals surface area contributed by atoms with Crippen molar-refractivity contribution in [2.24, 2.45) is 4.99 Å². The Balaban J connectivity index is 0.00000729. The van der Waals surface area contributed by atoms with Crippen LogP contribution in [0.25, 0.3) is 0 Å². The van der Waals surface area contributed by atoms with Gasteiger partial charge in [0.05, 0.1) is 13.7 Å². The third kappa shape index (κ3) is 10.6. The maximum Gasteiger partial charge on any atom is 0.224 e. The topological polar surface area (TPSA) is 75.2 Å². The lowest BCUT2D eigenvalue weighted by Crippen LogP contribution is -2.40. The molecule has 160 valence electrons. The number of guanidine groups is 1. The highest BCUT2D eigenvalue weighted by Crippen LogP contribution is 2.18. The molecule has 0 bridgehead atoms. The number of methoxy groups -OCH3 is 1. The van der Waals surface area contributed by atoms with Gasteiger partial charge in [-0.3, -0.25) is 9.79 Å². The molecule has 0 heterocycles. The van der Waals surface area contributed by atoms with Crippen molar-refractivity contribution in [3.05, 3.63) is 24.3 Å². The van der Waals surface area contributed by atoms with Crippen LogP contribution in [-0.2, 0) is 4.79 Å². The summed E-state index contributed by atoms with van der Waals surface area (Å²) >= 11 is 0. The van der Waals surface area contributed by atoms with E-state index in [0.29, 0.717) is 26.1 Å². The SMILES string of the molecule is CCNC(=NCCCOc1cccc(OC)c1)NCCC(=O)N(CC)CC.I. The van der Waals surface area contributed by atoms with Gasteiger partial charge in [0.1, 0.15) is 11.5 Å². The quantitative estimate of drug-likeness (QED) is 0.198. The third-order valence-electron chi connectivity index (χ3n) is 3.97. The molecule has 7 nitrogen and oxygen atoms in total. The molecule has 1 amide bonds. The molecule has 0 aliphatic carbocycles. The largest absolute Gasteiger partial charge is 0.497 e. The van der Waals surface area contributed by atoms with E-state index in [1.807, 2.05) is 49.9 Å². The van der Waals surface area contributed by atoms with Crippen molar-refractivity contribution >= 4 is 35.8 Å². The summed E-state index contributed by atoms with van der Waals surface area (Å²) in [5, 5.41) is 6.41. The number of aliphatic imine (C=N–C) groups is 1. The molecule has 1 aromatic rings. The van der Waals surface area contributed by atoms with Crippen LogP contribution in [-0.4, -0.2) is 63.2 Å². The second-order valence-electron chi connectivity index (χ2n) is 5.88. The molecular formula is C20H35IN4O3. The van der Waals surface area contributed by atoms with Gasteiger partial charge in [-0.25, -0.2) is 0 Å². The molecule has 8 heteroatoms. The molecule has 2 N–H and O–H groups in total. The molecule has 0 atom stereocenters. The van der Waals surface area contributed by atoms with E-state index in [1.165, 1.54) is 0 Å². The molecule has 28 heavy (non-hydrogen) atoms. The maximum absolute atomic E-state index is 12.0. The van der Waals surface area contributed by atoms with E-state index >= 15 is 0 Å². The molecule has 0 aliphatic rings. The predicted octanol–water partition coefficient (Wildman–Crippen LogP) is 2.90.